The van der Waals surface area contributed by atoms with Gasteiger partial charge in [0.15, 0.2) is 0 Å². The largest absolute Gasteiger partial charge is 0.561 e. The highest BCUT2D eigenvalue weighted by Gasteiger charge is 2.14. The summed E-state index contributed by atoms with van der Waals surface area (Å²) in [6.07, 6.45) is -0.777. The van der Waals surface area contributed by atoms with Crippen LogP contribution < -0.4 is 0 Å². The summed E-state index contributed by atoms with van der Waals surface area (Å²) in [5, 5.41) is 0. The first-order valence-corrected chi connectivity index (χ1v) is 5.35. The van der Waals surface area contributed by atoms with Gasteiger partial charge < -0.3 is 4.74 Å². The molecule has 1 amide bonds. The molecule has 0 spiro atoms. The highest BCUT2D eigenvalue weighted by molar-refractivity contribution is 7.56. The average molecular weight is 227 g/mol. The number of halogens is 1. The summed E-state index contributed by atoms with van der Waals surface area (Å²) < 4.78 is 19.9. The average Bonchev–Trinajstić information content (AvgIpc) is 2.12. The molecule has 1 atom stereocenters. The third kappa shape index (κ3) is 7.84. The molecular formula is C6H10ClNO4P+. The Kier molecular flexibility index (Phi) is 7.79. The van der Waals surface area contributed by atoms with Crippen molar-refractivity contribution in [2.24, 2.45) is 4.99 Å². The second kappa shape index (κ2) is 8.10. The van der Waals surface area contributed by atoms with Gasteiger partial charge in [0.25, 0.3) is 5.96 Å². The second-order valence-corrected chi connectivity index (χ2v) is 3.19. The fraction of sp³-hybridized carbons (Fsp3) is 0.667. The number of aliphatic imine (C=N–C) groups is 1. The molecule has 0 aliphatic carbocycles. The van der Waals surface area contributed by atoms with Gasteiger partial charge in [0.05, 0.1) is 12.5 Å². The number of rotatable bonds is 5. The van der Waals surface area contributed by atoms with Crippen LogP contribution in [-0.4, -0.2) is 31.1 Å². The molecule has 0 aromatic rings. The van der Waals surface area contributed by atoms with Gasteiger partial charge >= 0.3 is 14.1 Å². The van der Waals surface area contributed by atoms with Crippen molar-refractivity contribution in [3.05, 3.63) is 0 Å². The van der Waals surface area contributed by atoms with Crippen LogP contribution in [0.3, 0.4) is 0 Å². The van der Waals surface area contributed by atoms with E-state index in [0.29, 0.717) is 0 Å². The predicted molar refractivity (Wildman–Crippen MR) is 49.8 cm³/mol. The molecule has 7 heteroatoms. The van der Waals surface area contributed by atoms with Crippen LogP contribution in [0, 0.1) is 0 Å². The predicted octanol–water partition coefficient (Wildman–Crippen LogP) is 2.17. The molecule has 1 unspecified atom stereocenters. The number of hydrogen-bond acceptors (Lipinski definition) is 4. The van der Waals surface area contributed by atoms with Crippen molar-refractivity contribution in [3.63, 3.8) is 0 Å². The van der Waals surface area contributed by atoms with Crippen LogP contribution in [0.4, 0.5) is 4.79 Å². The molecular weight excluding hydrogens is 216 g/mol. The maximum atomic E-state index is 10.8. The molecule has 74 valence electrons. The summed E-state index contributed by atoms with van der Waals surface area (Å²) in [5.74, 6) is 1.15. The Morgan fingerprint density at radius 2 is 2.38 bits per heavy atom. The zero-order valence-corrected chi connectivity index (χ0v) is 8.75. The van der Waals surface area contributed by atoms with Crippen LogP contribution in [0.1, 0.15) is 6.92 Å². The summed E-state index contributed by atoms with van der Waals surface area (Å²) in [5.41, 5.74) is 0. The van der Waals surface area contributed by atoms with Crippen molar-refractivity contribution in [2.45, 2.75) is 6.92 Å². The number of hydrogen-bond donors (Lipinski definition) is 0. The van der Waals surface area contributed by atoms with Gasteiger partial charge in [-0.05, 0) is 11.5 Å². The monoisotopic (exact) mass is 226 g/mol. The van der Waals surface area contributed by atoms with Gasteiger partial charge in [-0.15, -0.1) is 21.1 Å². The van der Waals surface area contributed by atoms with Crippen LogP contribution >= 0.6 is 19.6 Å². The number of carbonyl (C=O) groups excluding carboxylic acids is 1. The maximum absolute atomic E-state index is 10.8. The number of carbonyl (C=O) groups is 1. The molecule has 0 heterocycles. The van der Waals surface area contributed by atoms with Gasteiger partial charge in [-0.1, -0.05) is 0 Å². The smallest absolute Gasteiger partial charge is 0.448 e. The van der Waals surface area contributed by atoms with Crippen molar-refractivity contribution < 1.29 is 18.6 Å². The zero-order valence-electron chi connectivity index (χ0n) is 7.10. The molecule has 0 aliphatic rings. The Balaban J connectivity index is 3.69. The van der Waals surface area contributed by atoms with Crippen molar-refractivity contribution >= 4 is 31.7 Å². The van der Waals surface area contributed by atoms with E-state index in [1.54, 1.807) is 6.92 Å². The van der Waals surface area contributed by atoms with Gasteiger partial charge in [-0.3, -0.25) is 0 Å². The molecule has 0 saturated carbocycles. The molecule has 0 fully saturated rings. The van der Waals surface area contributed by atoms with Crippen molar-refractivity contribution in [1.82, 2.24) is 0 Å². The lowest BCUT2D eigenvalue weighted by atomic mass is 10.9. The first-order valence-electron chi connectivity index (χ1n) is 3.57. The Morgan fingerprint density at radius 1 is 1.69 bits per heavy atom. The van der Waals surface area contributed by atoms with Gasteiger partial charge in [-0.2, -0.15) is 0 Å². The molecule has 0 aromatic carbocycles. The third-order valence-electron chi connectivity index (χ3n) is 0.821. The van der Waals surface area contributed by atoms with Gasteiger partial charge in [0.1, 0.15) is 6.61 Å². The van der Waals surface area contributed by atoms with Crippen molar-refractivity contribution in [2.75, 3.05) is 19.1 Å². The van der Waals surface area contributed by atoms with E-state index in [-0.39, 0.29) is 19.1 Å². The molecule has 0 radical (unpaired) electrons. The van der Waals surface area contributed by atoms with E-state index in [0.717, 1.165) is 5.96 Å². The second-order valence-electron chi connectivity index (χ2n) is 1.75. The first-order chi connectivity index (χ1) is 6.20. The highest BCUT2D eigenvalue weighted by atomic mass is 35.5. The number of nitrogens with zero attached hydrogens (tertiary/aromatic N) is 1. The topological polar surface area (TPSA) is 65.0 Å². The lowest BCUT2D eigenvalue weighted by molar-refractivity contribution is 0.163. The van der Waals surface area contributed by atoms with E-state index in [9.17, 15) is 9.36 Å². The van der Waals surface area contributed by atoms with Crippen molar-refractivity contribution in [1.29, 1.82) is 0 Å². The van der Waals surface area contributed by atoms with Crippen LogP contribution in [0.5, 0.6) is 0 Å². The Labute approximate surface area is 81.9 Å². The number of amides is 1. The maximum Gasteiger partial charge on any atom is 0.561 e. The summed E-state index contributed by atoms with van der Waals surface area (Å²) >= 11 is 5.27. The molecule has 0 saturated heterocycles. The van der Waals surface area contributed by atoms with Crippen LogP contribution in [0.2, 0.25) is 0 Å². The number of alkyl halides is 1. The summed E-state index contributed by atoms with van der Waals surface area (Å²) in [7, 11) is -2.06. The molecule has 0 rings (SSSR count). The molecule has 13 heavy (non-hydrogen) atoms. The minimum atomic E-state index is -2.06. The van der Waals surface area contributed by atoms with Gasteiger partial charge in [0, 0.05) is 0 Å². The lowest BCUT2D eigenvalue weighted by Gasteiger charge is -1.90. The highest BCUT2D eigenvalue weighted by Crippen LogP contribution is 2.17. The Hall–Kier alpha value is -0.510. The molecule has 0 bridgehead atoms. The van der Waals surface area contributed by atoms with E-state index in [1.165, 1.54) is 0 Å². The van der Waals surface area contributed by atoms with E-state index in [2.05, 4.69) is 14.3 Å². The normalized spacial score (nSPS) is 11.7. The van der Waals surface area contributed by atoms with E-state index in [4.69, 9.17) is 11.6 Å². The quantitative estimate of drug-likeness (QED) is 0.409. The minimum Gasteiger partial charge on any atom is -0.448 e. The molecule has 5 nitrogen and oxygen atoms in total. The fourth-order valence-corrected chi connectivity index (χ4v) is 1.12. The van der Waals surface area contributed by atoms with Crippen molar-refractivity contribution in [3.8, 4) is 0 Å². The molecule has 0 N–H and O–H groups in total. The van der Waals surface area contributed by atoms with Gasteiger partial charge in [-0.25, -0.2) is 4.79 Å². The summed E-state index contributed by atoms with van der Waals surface area (Å²) in [4.78, 5) is 13.8. The molecule has 0 aromatic heterocycles. The lowest BCUT2D eigenvalue weighted by Crippen LogP contribution is -1.97. The van der Waals surface area contributed by atoms with Gasteiger partial charge in [0.2, 0.25) is 0 Å². The minimum absolute atomic E-state index is 0.158. The Bertz CT molecular complexity index is 209. The fourth-order valence-electron chi connectivity index (χ4n) is 0.413. The zero-order chi connectivity index (χ0) is 10.1. The Morgan fingerprint density at radius 3 is 2.92 bits per heavy atom. The van der Waals surface area contributed by atoms with E-state index >= 15 is 0 Å². The SMILES string of the molecule is CCOC(=O)N=C[P+](=O)OCCCl. The van der Waals surface area contributed by atoms with E-state index < -0.39 is 14.1 Å². The van der Waals surface area contributed by atoms with Crippen LogP contribution in [0.15, 0.2) is 4.99 Å². The third-order valence-corrected chi connectivity index (χ3v) is 1.72. The van der Waals surface area contributed by atoms with Crippen LogP contribution in [-0.2, 0) is 13.8 Å². The van der Waals surface area contributed by atoms with Crippen LogP contribution in [0.25, 0.3) is 0 Å². The molecule has 0 aliphatic heterocycles. The van der Waals surface area contributed by atoms with E-state index in [1.807, 2.05) is 0 Å². The standard InChI is InChI=1S/C6H10ClNO4P/c1-2-11-6(9)8-5-13(10)12-4-3-7/h5H,2-4H2,1H3/q+1. The summed E-state index contributed by atoms with van der Waals surface area (Å²) in [6.45, 7) is 2.04. The summed E-state index contributed by atoms with van der Waals surface area (Å²) in [6, 6.07) is 0. The first kappa shape index (κ1) is 12.5. The number of ether oxygens (including phenoxy) is 1.